The van der Waals surface area contributed by atoms with Gasteiger partial charge in [0.2, 0.25) is 0 Å². The minimum atomic E-state index is 0. The molecule has 0 unspecified atom stereocenters. The third kappa shape index (κ3) is 9.16. The van der Waals surface area contributed by atoms with Crippen LogP contribution in [0.3, 0.4) is 0 Å². The predicted octanol–water partition coefficient (Wildman–Crippen LogP) is -1.95. The molecular formula is H4AlInOZn. The van der Waals surface area contributed by atoms with Crippen molar-refractivity contribution in [1.29, 1.82) is 0 Å². The summed E-state index contributed by atoms with van der Waals surface area (Å²) in [5.41, 5.74) is 0. The van der Waals surface area contributed by atoms with Crippen LogP contribution in [0.1, 0.15) is 0 Å². The summed E-state index contributed by atoms with van der Waals surface area (Å²) in [5, 5.41) is 0. The smallest absolute Gasteiger partial charge is 0 e. The molecule has 0 amide bonds. The Balaban J connectivity index is -0.00000000500. The Labute approximate surface area is 64.7 Å². The van der Waals surface area contributed by atoms with Gasteiger partial charge in [-0.1, -0.05) is 0 Å². The monoisotopic (exact) mass is 226 g/mol. The Kier molecular flexibility index (Phi) is 90.0. The number of rotatable bonds is 0. The molecule has 0 radical (unpaired) electrons. The van der Waals surface area contributed by atoms with E-state index in [1.54, 1.807) is 0 Å². The molecule has 18 valence electrons. The number of hydrogen-bond acceptors (Lipinski definition) is 1. The van der Waals surface area contributed by atoms with E-state index < -0.39 is 0 Å². The molecule has 0 aromatic heterocycles. The molecule has 0 aliphatic carbocycles. The Bertz CT molecular complexity index is 8.00. The van der Waals surface area contributed by atoms with E-state index in [1.165, 1.54) is 0 Å². The van der Waals surface area contributed by atoms with Gasteiger partial charge in [0.15, 0.2) is 0 Å². The molecule has 0 aromatic carbocycles. The summed E-state index contributed by atoms with van der Waals surface area (Å²) in [7, 11) is 0. The first kappa shape index (κ1) is 17.0. The molecule has 1 nitrogen and oxygen atoms in total. The topological polar surface area (TPSA) is 17.1 Å². The van der Waals surface area contributed by atoms with Gasteiger partial charge < -0.3 is 0 Å². The first-order valence-electron chi connectivity index (χ1n) is 0.289. The van der Waals surface area contributed by atoms with Crippen molar-refractivity contribution >= 4 is 42.1 Å². The molecule has 0 fully saturated rings. The molecule has 0 aromatic rings. The molecular weight excluding hydrogens is 223 g/mol. The largest absolute Gasteiger partial charge is 0 e. The molecule has 0 N–H and O–H groups in total. The minimum absolute atomic E-state index is 0. The molecule has 0 spiro atoms. The van der Waals surface area contributed by atoms with Crippen LogP contribution < -0.4 is 0 Å². The fourth-order valence-corrected chi connectivity index (χ4v) is 0. The first-order chi connectivity index (χ1) is 1.00. The van der Waals surface area contributed by atoms with E-state index in [-0.39, 0.29) is 45.3 Å². The third-order valence-electron chi connectivity index (χ3n) is 0. The van der Waals surface area contributed by atoms with Gasteiger partial charge in [-0.05, 0) is 0 Å². The van der Waals surface area contributed by atoms with E-state index in [2.05, 4.69) is 0 Å². The molecule has 4 heavy (non-hydrogen) atoms. The molecule has 0 rings (SSSR count). The van der Waals surface area contributed by atoms with E-state index in [4.69, 9.17) is 3.80 Å². The SMILES string of the molecule is [InH3].[O]=[AlH].[Zn]. The van der Waals surface area contributed by atoms with Crippen LogP contribution >= 0.6 is 0 Å². The van der Waals surface area contributed by atoms with Crippen molar-refractivity contribution in [2.75, 3.05) is 0 Å². The quantitative estimate of drug-likeness (QED) is 0.439. The number of hydrogen-bond donors (Lipinski definition) is 0. The molecule has 0 bridgehead atoms. The normalized spacial score (nSPS) is 0.750. The average molecular weight is 227 g/mol. The van der Waals surface area contributed by atoms with E-state index in [9.17, 15) is 0 Å². The Morgan fingerprint density at radius 2 is 1.25 bits per heavy atom. The van der Waals surface area contributed by atoms with Gasteiger partial charge in [-0.15, -0.1) is 0 Å². The van der Waals surface area contributed by atoms with Gasteiger partial charge in [0.05, 0.1) is 0 Å². The third-order valence-corrected chi connectivity index (χ3v) is 0. The second-order valence-electron chi connectivity index (χ2n) is 0. The van der Waals surface area contributed by atoms with Crippen molar-refractivity contribution < 1.29 is 23.3 Å². The summed E-state index contributed by atoms with van der Waals surface area (Å²) < 4.78 is 8.28. The molecule has 0 saturated heterocycles. The van der Waals surface area contributed by atoms with Crippen LogP contribution in [0.2, 0.25) is 0 Å². The maximum Gasteiger partial charge on any atom is 0 e. The van der Waals surface area contributed by atoms with Crippen LogP contribution in [0.15, 0.2) is 0 Å². The van der Waals surface area contributed by atoms with Crippen molar-refractivity contribution in [1.82, 2.24) is 0 Å². The minimum Gasteiger partial charge on any atom is 0 e. The van der Waals surface area contributed by atoms with Crippen LogP contribution in [0.25, 0.3) is 0 Å². The Morgan fingerprint density at radius 1 is 1.25 bits per heavy atom. The van der Waals surface area contributed by atoms with E-state index in [0.29, 0.717) is 16.2 Å². The second kappa shape index (κ2) is 21.2. The van der Waals surface area contributed by atoms with Crippen LogP contribution in [-0.4, -0.2) is 42.1 Å². The zero-order chi connectivity index (χ0) is 2.00. The van der Waals surface area contributed by atoms with Gasteiger partial charge in [-0.3, -0.25) is 0 Å². The zero-order valence-corrected chi connectivity index (χ0v) is 6.20. The molecule has 0 aliphatic rings. The molecule has 0 heterocycles. The van der Waals surface area contributed by atoms with Gasteiger partial charge in [-0.25, -0.2) is 0 Å². The van der Waals surface area contributed by atoms with Gasteiger partial charge in [-0.2, -0.15) is 0 Å². The zero-order valence-electron chi connectivity index (χ0n) is 1.82. The Morgan fingerprint density at radius 3 is 1.25 bits per heavy atom. The fraction of sp³-hybridized carbons (Fsp3) is 0. The second-order valence-corrected chi connectivity index (χ2v) is 0. The molecule has 0 aliphatic heterocycles. The van der Waals surface area contributed by atoms with Crippen LogP contribution in [0.5, 0.6) is 0 Å². The molecule has 0 atom stereocenters. The summed E-state index contributed by atoms with van der Waals surface area (Å²) >= 11 is 0.611. The van der Waals surface area contributed by atoms with Gasteiger partial charge in [0.25, 0.3) is 0 Å². The summed E-state index contributed by atoms with van der Waals surface area (Å²) in [6.45, 7) is 0. The summed E-state index contributed by atoms with van der Waals surface area (Å²) in [6.07, 6.45) is 0. The van der Waals surface area contributed by atoms with Crippen LogP contribution in [-0.2, 0) is 23.3 Å². The van der Waals surface area contributed by atoms with Crippen molar-refractivity contribution in [3.05, 3.63) is 0 Å². The van der Waals surface area contributed by atoms with Crippen LogP contribution in [0, 0.1) is 0 Å². The molecule has 4 heteroatoms. The maximum atomic E-state index is 8.28. The van der Waals surface area contributed by atoms with Crippen molar-refractivity contribution in [3.63, 3.8) is 0 Å². The predicted molar refractivity (Wildman–Crippen MR) is 17.8 cm³/mol. The molecule has 0 saturated carbocycles. The van der Waals surface area contributed by atoms with Crippen molar-refractivity contribution in [2.45, 2.75) is 0 Å². The van der Waals surface area contributed by atoms with E-state index >= 15 is 0 Å². The van der Waals surface area contributed by atoms with Crippen molar-refractivity contribution in [3.8, 4) is 0 Å². The van der Waals surface area contributed by atoms with E-state index in [0.717, 1.165) is 0 Å². The van der Waals surface area contributed by atoms with Crippen LogP contribution in [0.4, 0.5) is 0 Å². The van der Waals surface area contributed by atoms with E-state index in [1.807, 2.05) is 0 Å². The van der Waals surface area contributed by atoms with Gasteiger partial charge in [0.1, 0.15) is 0 Å². The Hall–Kier alpha value is 1.83. The summed E-state index contributed by atoms with van der Waals surface area (Å²) in [6, 6.07) is 0. The average Bonchev–Trinajstić information content (AvgIpc) is 1.00. The summed E-state index contributed by atoms with van der Waals surface area (Å²) in [4.78, 5) is 0. The fourth-order valence-electron chi connectivity index (χ4n) is 0. The van der Waals surface area contributed by atoms with Gasteiger partial charge in [0, 0.05) is 19.5 Å². The van der Waals surface area contributed by atoms with Crippen molar-refractivity contribution in [2.24, 2.45) is 0 Å². The van der Waals surface area contributed by atoms with Gasteiger partial charge >= 0.3 is 45.9 Å². The summed E-state index contributed by atoms with van der Waals surface area (Å²) in [5.74, 6) is 0. The standard InChI is InChI=1S/Al.In.O.Zn.4H. The maximum absolute atomic E-state index is 8.28. The first-order valence-corrected chi connectivity index (χ1v) is 0.866.